The second-order valence-corrected chi connectivity index (χ2v) is 4.79. The lowest BCUT2D eigenvalue weighted by Gasteiger charge is -2.16. The number of likely N-dealkylation sites (N-methyl/N-ethyl adjacent to an activating group) is 1. The lowest BCUT2D eigenvalue weighted by atomic mass is 10.0. The van der Waals surface area contributed by atoms with Gasteiger partial charge in [0.05, 0.1) is 6.04 Å². The molecule has 0 amide bonds. The lowest BCUT2D eigenvalue weighted by molar-refractivity contribution is 0.645. The molecular formula is C13H17Cl2N. The molecule has 1 rings (SSSR count). The average Bonchev–Trinajstić information content (AvgIpc) is 2.16. The predicted molar refractivity (Wildman–Crippen MR) is 72.3 cm³/mol. The van der Waals surface area contributed by atoms with Gasteiger partial charge in [-0.3, -0.25) is 0 Å². The molecule has 1 aromatic rings. The van der Waals surface area contributed by atoms with Crippen LogP contribution in [0.25, 0.3) is 0 Å². The SMILES string of the molecule is CCNC(C=C(C)C)c1ccc(Cl)cc1Cl. The minimum absolute atomic E-state index is 0.153. The maximum atomic E-state index is 6.19. The van der Waals surface area contributed by atoms with Crippen molar-refractivity contribution >= 4 is 23.2 Å². The summed E-state index contributed by atoms with van der Waals surface area (Å²) >= 11 is 12.1. The summed E-state index contributed by atoms with van der Waals surface area (Å²) in [4.78, 5) is 0. The van der Waals surface area contributed by atoms with Crippen molar-refractivity contribution in [2.45, 2.75) is 26.8 Å². The van der Waals surface area contributed by atoms with E-state index in [1.165, 1.54) is 5.57 Å². The van der Waals surface area contributed by atoms with E-state index in [9.17, 15) is 0 Å². The van der Waals surface area contributed by atoms with Gasteiger partial charge < -0.3 is 5.32 Å². The highest BCUT2D eigenvalue weighted by atomic mass is 35.5. The summed E-state index contributed by atoms with van der Waals surface area (Å²) in [5.41, 5.74) is 2.33. The Kier molecular flexibility index (Phi) is 5.33. The van der Waals surface area contributed by atoms with Gasteiger partial charge in [0.1, 0.15) is 0 Å². The Labute approximate surface area is 107 Å². The Morgan fingerprint density at radius 1 is 1.38 bits per heavy atom. The quantitative estimate of drug-likeness (QED) is 0.777. The molecule has 0 heterocycles. The van der Waals surface area contributed by atoms with E-state index in [1.807, 2.05) is 12.1 Å². The largest absolute Gasteiger partial charge is 0.307 e. The van der Waals surface area contributed by atoms with Gasteiger partial charge in [-0.2, -0.15) is 0 Å². The molecule has 1 aromatic carbocycles. The van der Waals surface area contributed by atoms with Crippen molar-refractivity contribution in [3.8, 4) is 0 Å². The van der Waals surface area contributed by atoms with Gasteiger partial charge in [0.2, 0.25) is 0 Å². The van der Waals surface area contributed by atoms with Gasteiger partial charge >= 0.3 is 0 Å². The first kappa shape index (κ1) is 13.6. The minimum atomic E-state index is 0.153. The van der Waals surface area contributed by atoms with Crippen LogP contribution in [0, 0.1) is 0 Å². The third-order valence-electron chi connectivity index (χ3n) is 2.22. The highest BCUT2D eigenvalue weighted by Gasteiger charge is 2.11. The van der Waals surface area contributed by atoms with E-state index in [4.69, 9.17) is 23.2 Å². The highest BCUT2D eigenvalue weighted by molar-refractivity contribution is 6.35. The standard InChI is InChI=1S/C13H17Cl2N/c1-4-16-13(7-9(2)3)11-6-5-10(14)8-12(11)15/h5-8,13,16H,4H2,1-3H3. The van der Waals surface area contributed by atoms with Gasteiger partial charge in [0.25, 0.3) is 0 Å². The Balaban J connectivity index is 3.05. The summed E-state index contributed by atoms with van der Waals surface area (Å²) < 4.78 is 0. The van der Waals surface area contributed by atoms with Crippen LogP contribution in [0.4, 0.5) is 0 Å². The molecule has 1 unspecified atom stereocenters. The van der Waals surface area contributed by atoms with Crippen LogP contribution in [0.5, 0.6) is 0 Å². The molecule has 16 heavy (non-hydrogen) atoms. The average molecular weight is 258 g/mol. The van der Waals surface area contributed by atoms with Crippen LogP contribution in [0.2, 0.25) is 10.0 Å². The molecule has 0 bridgehead atoms. The molecule has 1 atom stereocenters. The first-order valence-electron chi connectivity index (χ1n) is 5.38. The van der Waals surface area contributed by atoms with Gasteiger partial charge in [-0.1, -0.05) is 47.8 Å². The van der Waals surface area contributed by atoms with Crippen molar-refractivity contribution in [3.63, 3.8) is 0 Å². The maximum Gasteiger partial charge on any atom is 0.0523 e. The van der Waals surface area contributed by atoms with E-state index in [1.54, 1.807) is 6.07 Å². The first-order chi connectivity index (χ1) is 7.54. The number of hydrogen-bond donors (Lipinski definition) is 1. The fourth-order valence-corrected chi connectivity index (χ4v) is 2.09. The first-order valence-corrected chi connectivity index (χ1v) is 6.13. The third-order valence-corrected chi connectivity index (χ3v) is 2.78. The van der Waals surface area contributed by atoms with Crippen molar-refractivity contribution < 1.29 is 0 Å². The fraction of sp³-hybridized carbons (Fsp3) is 0.385. The monoisotopic (exact) mass is 257 g/mol. The molecule has 0 aliphatic heterocycles. The van der Waals surface area contributed by atoms with Crippen LogP contribution in [0.3, 0.4) is 0 Å². The van der Waals surface area contributed by atoms with Crippen LogP contribution in [-0.4, -0.2) is 6.54 Å². The van der Waals surface area contributed by atoms with Crippen molar-refractivity contribution in [1.82, 2.24) is 5.32 Å². The molecule has 0 saturated heterocycles. The summed E-state index contributed by atoms with van der Waals surface area (Å²) in [5.74, 6) is 0. The normalized spacial score (nSPS) is 12.3. The molecule has 1 N–H and O–H groups in total. The summed E-state index contributed by atoms with van der Waals surface area (Å²) in [5, 5.41) is 4.76. The molecule has 0 radical (unpaired) electrons. The van der Waals surface area contributed by atoms with Crippen LogP contribution in [-0.2, 0) is 0 Å². The Morgan fingerprint density at radius 2 is 2.06 bits per heavy atom. The Hall–Kier alpha value is -0.500. The Morgan fingerprint density at radius 3 is 2.56 bits per heavy atom. The molecule has 3 heteroatoms. The maximum absolute atomic E-state index is 6.19. The number of hydrogen-bond acceptors (Lipinski definition) is 1. The van der Waals surface area contributed by atoms with E-state index in [-0.39, 0.29) is 6.04 Å². The summed E-state index contributed by atoms with van der Waals surface area (Å²) in [7, 11) is 0. The molecule has 1 nitrogen and oxygen atoms in total. The number of nitrogens with one attached hydrogen (secondary N) is 1. The summed E-state index contributed by atoms with van der Waals surface area (Å²) in [6.07, 6.45) is 2.17. The number of allylic oxidation sites excluding steroid dienone is 1. The van der Waals surface area contributed by atoms with Crippen molar-refractivity contribution in [1.29, 1.82) is 0 Å². The number of halogens is 2. The van der Waals surface area contributed by atoms with Crippen LogP contribution in [0.15, 0.2) is 29.8 Å². The van der Waals surface area contributed by atoms with Crippen molar-refractivity contribution in [3.05, 3.63) is 45.5 Å². The van der Waals surface area contributed by atoms with E-state index in [0.717, 1.165) is 12.1 Å². The molecule has 0 aliphatic rings. The van der Waals surface area contributed by atoms with Gasteiger partial charge in [-0.25, -0.2) is 0 Å². The zero-order chi connectivity index (χ0) is 12.1. The second kappa shape index (κ2) is 6.29. The van der Waals surface area contributed by atoms with Crippen LogP contribution >= 0.6 is 23.2 Å². The lowest BCUT2D eigenvalue weighted by Crippen LogP contribution is -2.19. The smallest absolute Gasteiger partial charge is 0.0523 e. The van der Waals surface area contributed by atoms with Gasteiger partial charge in [-0.05, 0) is 38.1 Å². The molecule has 0 aromatic heterocycles. The summed E-state index contributed by atoms with van der Waals surface area (Å²) in [6, 6.07) is 5.77. The topological polar surface area (TPSA) is 12.0 Å². The molecule has 0 aliphatic carbocycles. The van der Waals surface area contributed by atoms with Crippen LogP contribution < -0.4 is 5.32 Å². The number of benzene rings is 1. The second-order valence-electron chi connectivity index (χ2n) is 3.95. The van der Waals surface area contributed by atoms with E-state index in [2.05, 4.69) is 32.2 Å². The third kappa shape index (κ3) is 3.82. The molecule has 0 saturated carbocycles. The van der Waals surface area contributed by atoms with E-state index < -0.39 is 0 Å². The van der Waals surface area contributed by atoms with Gasteiger partial charge in [0.15, 0.2) is 0 Å². The van der Waals surface area contributed by atoms with E-state index >= 15 is 0 Å². The zero-order valence-electron chi connectivity index (χ0n) is 9.85. The predicted octanol–water partition coefficient (Wildman–Crippen LogP) is 4.61. The van der Waals surface area contributed by atoms with Gasteiger partial charge in [-0.15, -0.1) is 0 Å². The van der Waals surface area contributed by atoms with Crippen molar-refractivity contribution in [2.24, 2.45) is 0 Å². The van der Waals surface area contributed by atoms with E-state index in [0.29, 0.717) is 10.0 Å². The molecular weight excluding hydrogens is 241 g/mol. The van der Waals surface area contributed by atoms with Gasteiger partial charge in [0, 0.05) is 10.0 Å². The molecule has 88 valence electrons. The minimum Gasteiger partial charge on any atom is -0.307 e. The molecule has 0 fully saturated rings. The number of rotatable bonds is 4. The van der Waals surface area contributed by atoms with Crippen LogP contribution in [0.1, 0.15) is 32.4 Å². The highest BCUT2D eigenvalue weighted by Crippen LogP contribution is 2.27. The molecule has 0 spiro atoms. The summed E-state index contributed by atoms with van der Waals surface area (Å²) in [6.45, 7) is 7.13. The fourth-order valence-electron chi connectivity index (χ4n) is 1.57. The Bertz CT molecular complexity index is 382. The zero-order valence-corrected chi connectivity index (χ0v) is 11.4. The van der Waals surface area contributed by atoms with Crippen molar-refractivity contribution in [2.75, 3.05) is 6.54 Å².